The van der Waals surface area contributed by atoms with Gasteiger partial charge < -0.3 is 20.1 Å². The zero-order valence-corrected chi connectivity index (χ0v) is 18.9. The smallest absolute Gasteiger partial charge is 0.317 e. The Kier molecular flexibility index (Phi) is 8.02. The number of anilines is 1. The molecule has 7 heteroatoms. The molecule has 2 aromatic carbocycles. The van der Waals surface area contributed by atoms with Gasteiger partial charge in [-0.3, -0.25) is 4.79 Å². The van der Waals surface area contributed by atoms with Crippen LogP contribution in [0.4, 0.5) is 10.5 Å². The van der Waals surface area contributed by atoms with Gasteiger partial charge >= 0.3 is 6.03 Å². The summed E-state index contributed by atoms with van der Waals surface area (Å²) in [4.78, 5) is 30.6. The van der Waals surface area contributed by atoms with Gasteiger partial charge in [0.1, 0.15) is 5.82 Å². The molecule has 3 aromatic rings. The highest BCUT2D eigenvalue weighted by atomic mass is 16.2. The Hall–Kier alpha value is -3.61. The molecule has 0 aliphatic rings. The first kappa shape index (κ1) is 23.1. The van der Waals surface area contributed by atoms with Gasteiger partial charge in [0, 0.05) is 57.1 Å². The molecule has 0 aliphatic carbocycles. The average molecular weight is 434 g/mol. The molecule has 0 radical (unpaired) electrons. The lowest BCUT2D eigenvalue weighted by molar-refractivity contribution is -0.116. The highest BCUT2D eigenvalue weighted by Crippen LogP contribution is 2.16. The van der Waals surface area contributed by atoms with Crippen molar-refractivity contribution in [1.82, 2.24) is 19.8 Å². The van der Waals surface area contributed by atoms with Crippen molar-refractivity contribution in [3.05, 3.63) is 83.9 Å². The molecule has 0 atom stereocenters. The molecular weight excluding hydrogens is 402 g/mol. The lowest BCUT2D eigenvalue weighted by Gasteiger charge is -2.18. The molecule has 0 aliphatic heterocycles. The zero-order valence-electron chi connectivity index (χ0n) is 18.9. The number of urea groups is 1. The number of nitrogens with one attached hydrogen (secondary N) is 2. The van der Waals surface area contributed by atoms with Crippen LogP contribution >= 0.6 is 0 Å². The number of amides is 3. The summed E-state index contributed by atoms with van der Waals surface area (Å²) in [6.07, 6.45) is 3.98. The molecule has 3 rings (SSSR count). The van der Waals surface area contributed by atoms with Crippen LogP contribution < -0.4 is 10.6 Å². The summed E-state index contributed by atoms with van der Waals surface area (Å²) < 4.78 is 2.12. The normalized spacial score (nSPS) is 10.8. The third-order valence-electron chi connectivity index (χ3n) is 5.07. The van der Waals surface area contributed by atoms with Crippen LogP contribution in [0, 0.1) is 0 Å². The second-order valence-corrected chi connectivity index (χ2v) is 8.14. The van der Waals surface area contributed by atoms with Crippen molar-refractivity contribution in [3.8, 4) is 0 Å². The van der Waals surface area contributed by atoms with E-state index in [2.05, 4.69) is 34.0 Å². The second-order valence-electron chi connectivity index (χ2n) is 8.14. The Morgan fingerprint density at radius 2 is 1.81 bits per heavy atom. The van der Waals surface area contributed by atoms with Crippen LogP contribution in [0.5, 0.6) is 0 Å². The fourth-order valence-electron chi connectivity index (χ4n) is 3.47. The molecule has 0 bridgehead atoms. The van der Waals surface area contributed by atoms with E-state index in [1.807, 2.05) is 67.0 Å². The molecule has 0 unspecified atom stereocenters. The van der Waals surface area contributed by atoms with E-state index in [0.717, 1.165) is 22.6 Å². The van der Waals surface area contributed by atoms with Crippen molar-refractivity contribution in [1.29, 1.82) is 0 Å². The van der Waals surface area contributed by atoms with Crippen molar-refractivity contribution in [2.24, 2.45) is 0 Å². The number of hydrogen-bond donors (Lipinski definition) is 2. The Bertz CT molecular complexity index is 1030. The Morgan fingerprint density at radius 1 is 1.06 bits per heavy atom. The first-order chi connectivity index (χ1) is 15.4. The number of aromatic nitrogens is 2. The zero-order chi connectivity index (χ0) is 22.9. The predicted molar refractivity (Wildman–Crippen MR) is 126 cm³/mol. The highest BCUT2D eigenvalue weighted by Gasteiger charge is 2.11. The molecule has 2 N–H and O–H groups in total. The first-order valence-corrected chi connectivity index (χ1v) is 10.8. The number of benzene rings is 2. The fraction of sp³-hybridized carbons (Fsp3) is 0.320. The van der Waals surface area contributed by atoms with E-state index in [4.69, 9.17) is 0 Å². The summed E-state index contributed by atoms with van der Waals surface area (Å²) in [5, 5.41) is 5.71. The topological polar surface area (TPSA) is 79.3 Å². The van der Waals surface area contributed by atoms with Crippen LogP contribution in [0.25, 0.3) is 0 Å². The lowest BCUT2D eigenvalue weighted by atomic mass is 10.1. The van der Waals surface area contributed by atoms with Crippen molar-refractivity contribution < 1.29 is 9.59 Å². The van der Waals surface area contributed by atoms with Gasteiger partial charge in [-0.05, 0) is 23.3 Å². The summed E-state index contributed by atoms with van der Waals surface area (Å²) in [5.74, 6) is 1.24. The molecule has 1 aromatic heterocycles. The number of nitrogens with zero attached hydrogens (tertiary/aromatic N) is 3. The van der Waals surface area contributed by atoms with Gasteiger partial charge in [-0.25, -0.2) is 9.78 Å². The predicted octanol–water partition coefficient (Wildman–Crippen LogP) is 4.23. The number of hydrogen-bond acceptors (Lipinski definition) is 3. The summed E-state index contributed by atoms with van der Waals surface area (Å²) in [7, 11) is 1.73. The largest absolute Gasteiger partial charge is 0.337 e. The number of carbonyl (C=O) groups excluding carboxylic acids is 2. The van der Waals surface area contributed by atoms with Crippen LogP contribution in [-0.4, -0.2) is 40.0 Å². The SMILES string of the molecule is CC(C)c1nccn1Cc1cccc(NC(=O)CCNC(=O)N(C)Cc2ccccc2)c1. The van der Waals surface area contributed by atoms with E-state index in [1.54, 1.807) is 11.9 Å². The number of imidazole rings is 1. The Labute approximate surface area is 189 Å². The maximum Gasteiger partial charge on any atom is 0.317 e. The molecule has 1 heterocycles. The van der Waals surface area contributed by atoms with E-state index in [0.29, 0.717) is 19.0 Å². The van der Waals surface area contributed by atoms with E-state index in [1.165, 1.54) is 0 Å². The number of rotatable bonds is 9. The van der Waals surface area contributed by atoms with Crippen LogP contribution in [0.15, 0.2) is 67.0 Å². The van der Waals surface area contributed by atoms with E-state index in [-0.39, 0.29) is 24.9 Å². The van der Waals surface area contributed by atoms with Gasteiger partial charge in [0.2, 0.25) is 5.91 Å². The molecule has 7 nitrogen and oxygen atoms in total. The van der Waals surface area contributed by atoms with Crippen LogP contribution in [0.1, 0.15) is 43.1 Å². The third-order valence-corrected chi connectivity index (χ3v) is 5.07. The van der Waals surface area contributed by atoms with Crippen LogP contribution in [0.2, 0.25) is 0 Å². The van der Waals surface area contributed by atoms with Gasteiger partial charge in [0.15, 0.2) is 0 Å². The van der Waals surface area contributed by atoms with E-state index in [9.17, 15) is 9.59 Å². The summed E-state index contributed by atoms with van der Waals surface area (Å²) in [6, 6.07) is 17.4. The molecule has 3 amide bonds. The summed E-state index contributed by atoms with van der Waals surface area (Å²) in [6.45, 7) is 5.72. The molecule has 0 saturated carbocycles. The lowest BCUT2D eigenvalue weighted by Crippen LogP contribution is -2.38. The van der Waals surface area contributed by atoms with Crippen molar-refractivity contribution in [2.75, 3.05) is 18.9 Å². The summed E-state index contributed by atoms with van der Waals surface area (Å²) in [5.41, 5.74) is 2.88. The highest BCUT2D eigenvalue weighted by molar-refractivity contribution is 5.91. The fourth-order valence-corrected chi connectivity index (χ4v) is 3.47. The van der Waals surface area contributed by atoms with E-state index >= 15 is 0 Å². The molecule has 0 spiro atoms. The molecule has 0 fully saturated rings. The third kappa shape index (κ3) is 6.70. The van der Waals surface area contributed by atoms with Crippen molar-refractivity contribution >= 4 is 17.6 Å². The van der Waals surface area contributed by atoms with Gasteiger partial charge in [0.25, 0.3) is 0 Å². The maximum absolute atomic E-state index is 12.3. The van der Waals surface area contributed by atoms with Crippen LogP contribution in [0.3, 0.4) is 0 Å². The average Bonchev–Trinajstić information content (AvgIpc) is 3.23. The van der Waals surface area contributed by atoms with Crippen molar-refractivity contribution in [3.63, 3.8) is 0 Å². The molecule has 168 valence electrons. The van der Waals surface area contributed by atoms with Gasteiger partial charge in [-0.2, -0.15) is 0 Å². The van der Waals surface area contributed by atoms with Gasteiger partial charge in [0.05, 0.1) is 0 Å². The quantitative estimate of drug-likeness (QED) is 0.530. The Balaban J connectivity index is 1.45. The minimum absolute atomic E-state index is 0.140. The van der Waals surface area contributed by atoms with Crippen LogP contribution in [-0.2, 0) is 17.9 Å². The maximum atomic E-state index is 12.3. The van der Waals surface area contributed by atoms with Gasteiger partial charge in [-0.15, -0.1) is 0 Å². The second kappa shape index (κ2) is 11.1. The monoisotopic (exact) mass is 433 g/mol. The Morgan fingerprint density at radius 3 is 2.56 bits per heavy atom. The summed E-state index contributed by atoms with van der Waals surface area (Å²) >= 11 is 0. The minimum atomic E-state index is -0.204. The standard InChI is InChI=1S/C25H31N5O2/c1-19(2)24-26-14-15-30(24)18-21-10-7-11-22(16-21)28-23(31)12-13-27-25(32)29(3)17-20-8-5-4-6-9-20/h4-11,14-16,19H,12-13,17-18H2,1-3H3,(H,27,32)(H,28,31). The van der Waals surface area contributed by atoms with Gasteiger partial charge in [-0.1, -0.05) is 56.3 Å². The number of carbonyl (C=O) groups is 2. The molecular formula is C25H31N5O2. The molecule has 32 heavy (non-hydrogen) atoms. The van der Waals surface area contributed by atoms with Crippen molar-refractivity contribution in [2.45, 2.75) is 39.3 Å². The minimum Gasteiger partial charge on any atom is -0.337 e. The first-order valence-electron chi connectivity index (χ1n) is 10.8. The molecule has 0 saturated heterocycles. The van der Waals surface area contributed by atoms with E-state index < -0.39 is 0 Å².